The van der Waals surface area contributed by atoms with E-state index in [1.807, 2.05) is 0 Å². The van der Waals surface area contributed by atoms with Gasteiger partial charge in [0.25, 0.3) is 0 Å². The van der Waals surface area contributed by atoms with E-state index in [0.717, 1.165) is 24.9 Å². The largest absolute Gasteiger partial charge is 1.00 e. The minimum atomic E-state index is -4.32. The van der Waals surface area contributed by atoms with Crippen LogP contribution in [0, 0.1) is 0 Å². The van der Waals surface area contributed by atoms with E-state index in [4.69, 9.17) is 5.73 Å². The third-order valence-electron chi connectivity index (χ3n) is 4.88. The summed E-state index contributed by atoms with van der Waals surface area (Å²) in [5.41, 5.74) is 6.59. The van der Waals surface area contributed by atoms with Crippen LogP contribution in [-0.4, -0.2) is 19.5 Å². The summed E-state index contributed by atoms with van der Waals surface area (Å²) in [5.74, 6) is 0. The maximum absolute atomic E-state index is 10.9. The Morgan fingerprint density at radius 3 is 1.41 bits per heavy atom. The molecule has 0 aliphatic heterocycles. The maximum Gasteiger partial charge on any atom is 1.00 e. The summed E-state index contributed by atoms with van der Waals surface area (Å²) < 4.78 is 32.6. The predicted octanol–water partition coefficient (Wildman–Crippen LogP) is 2.17. The van der Waals surface area contributed by atoms with Crippen LogP contribution in [0.5, 0.6) is 0 Å². The fraction of sp³-hybridized carbons (Fsp3) is 0.714. The summed E-state index contributed by atoms with van der Waals surface area (Å²) in [6, 6.07) is 6.33. The average molecular weight is 406 g/mol. The van der Waals surface area contributed by atoms with Crippen LogP contribution >= 0.6 is 0 Å². The van der Waals surface area contributed by atoms with Crippen molar-refractivity contribution in [1.29, 1.82) is 0 Å². The van der Waals surface area contributed by atoms with E-state index >= 15 is 0 Å². The third-order valence-corrected chi connectivity index (χ3v) is 5.73. The Morgan fingerprint density at radius 2 is 1.04 bits per heavy atom. The molecule has 1 aromatic rings. The zero-order valence-corrected chi connectivity index (χ0v) is 19.9. The van der Waals surface area contributed by atoms with E-state index in [9.17, 15) is 13.0 Å². The monoisotopic (exact) mass is 405 g/mol. The Kier molecular flexibility index (Phi) is 17.0. The third kappa shape index (κ3) is 14.7. The normalized spacial score (nSPS) is 11.3. The van der Waals surface area contributed by atoms with Crippen LogP contribution in [0.4, 0.5) is 0 Å². The van der Waals surface area contributed by atoms with E-state index in [1.165, 1.54) is 89.2 Å². The van der Waals surface area contributed by atoms with Gasteiger partial charge in [-0.05, 0) is 43.5 Å². The molecule has 0 unspecified atom stereocenters. The summed E-state index contributed by atoms with van der Waals surface area (Å²) in [6.45, 7) is 0.831. The van der Waals surface area contributed by atoms with Gasteiger partial charge in [0.15, 0.2) is 0 Å². The van der Waals surface area contributed by atoms with Crippen molar-refractivity contribution < 1.29 is 42.5 Å². The molecule has 0 bridgehead atoms. The van der Waals surface area contributed by atoms with Crippen LogP contribution < -0.4 is 35.3 Å². The van der Waals surface area contributed by atoms with Crippen LogP contribution in [0.15, 0.2) is 29.2 Å². The second-order valence-electron chi connectivity index (χ2n) is 7.23. The SMILES string of the molecule is NCCCCCCCCCCCCCCCc1ccc(S(=O)(=O)[O-])cc1.[Na+]. The molecule has 0 fully saturated rings. The molecule has 4 nitrogen and oxygen atoms in total. The average Bonchev–Trinajstić information content (AvgIpc) is 2.61. The van der Waals surface area contributed by atoms with Crippen molar-refractivity contribution in [2.45, 2.75) is 94.8 Å². The smallest absolute Gasteiger partial charge is 0.744 e. The molecule has 0 saturated heterocycles. The van der Waals surface area contributed by atoms with Crippen molar-refractivity contribution in [3.05, 3.63) is 29.8 Å². The van der Waals surface area contributed by atoms with Crippen molar-refractivity contribution in [1.82, 2.24) is 0 Å². The number of nitrogens with two attached hydrogens (primary N) is 1. The first kappa shape index (κ1) is 27.1. The van der Waals surface area contributed by atoms with Gasteiger partial charge in [-0.1, -0.05) is 82.8 Å². The van der Waals surface area contributed by atoms with Gasteiger partial charge in [-0.3, -0.25) is 0 Å². The zero-order valence-electron chi connectivity index (χ0n) is 17.1. The number of rotatable bonds is 16. The molecule has 0 aliphatic rings. The standard InChI is InChI=1S/C21H37NO3S.Na/c22-19-13-11-9-7-5-3-1-2-4-6-8-10-12-14-20-15-17-21(18-16-20)26(23,24)25;/h15-18H,1-14,19,22H2,(H,23,24,25);/q;+1/p-1. The molecule has 6 heteroatoms. The van der Waals surface area contributed by atoms with Gasteiger partial charge in [0, 0.05) is 0 Å². The van der Waals surface area contributed by atoms with Crippen LogP contribution in [0.3, 0.4) is 0 Å². The quantitative estimate of drug-likeness (QED) is 0.260. The number of benzene rings is 1. The molecular formula is C21H36NNaO3S. The minimum absolute atomic E-state index is 0. The molecule has 150 valence electrons. The van der Waals surface area contributed by atoms with E-state index in [0.29, 0.717) is 0 Å². The molecule has 0 spiro atoms. The van der Waals surface area contributed by atoms with E-state index in [1.54, 1.807) is 12.1 Å². The van der Waals surface area contributed by atoms with E-state index in [-0.39, 0.29) is 34.5 Å². The first-order valence-electron chi connectivity index (χ1n) is 10.3. The van der Waals surface area contributed by atoms with Crippen molar-refractivity contribution >= 4 is 10.1 Å². The molecule has 0 radical (unpaired) electrons. The summed E-state index contributed by atoms with van der Waals surface area (Å²) in [4.78, 5) is -0.142. The second kappa shape index (κ2) is 17.0. The first-order chi connectivity index (χ1) is 12.5. The molecule has 1 aromatic carbocycles. The Labute approximate surface area is 188 Å². The van der Waals surface area contributed by atoms with Gasteiger partial charge >= 0.3 is 29.6 Å². The van der Waals surface area contributed by atoms with Crippen molar-refractivity contribution in [3.8, 4) is 0 Å². The van der Waals surface area contributed by atoms with Crippen LogP contribution in [0.25, 0.3) is 0 Å². The topological polar surface area (TPSA) is 83.2 Å². The molecule has 0 heterocycles. The van der Waals surface area contributed by atoms with Gasteiger partial charge in [0.05, 0.1) is 4.90 Å². The Hall–Kier alpha value is 0.0900. The predicted molar refractivity (Wildman–Crippen MR) is 107 cm³/mol. The summed E-state index contributed by atoms with van der Waals surface area (Å²) >= 11 is 0. The van der Waals surface area contributed by atoms with Gasteiger partial charge in [0.1, 0.15) is 10.1 Å². The van der Waals surface area contributed by atoms with Crippen LogP contribution in [0.2, 0.25) is 0 Å². The number of hydrogen-bond acceptors (Lipinski definition) is 4. The Morgan fingerprint density at radius 1 is 0.667 bits per heavy atom. The second-order valence-corrected chi connectivity index (χ2v) is 8.61. The van der Waals surface area contributed by atoms with Gasteiger partial charge in [-0.25, -0.2) is 8.42 Å². The van der Waals surface area contributed by atoms with Gasteiger partial charge < -0.3 is 10.3 Å². The van der Waals surface area contributed by atoms with Gasteiger partial charge in [-0.15, -0.1) is 0 Å². The summed E-state index contributed by atoms with van der Waals surface area (Å²) in [6.07, 6.45) is 17.8. The van der Waals surface area contributed by atoms with E-state index in [2.05, 4.69) is 0 Å². The van der Waals surface area contributed by atoms with Crippen molar-refractivity contribution in [2.24, 2.45) is 5.73 Å². The van der Waals surface area contributed by atoms with Gasteiger partial charge in [0.2, 0.25) is 0 Å². The van der Waals surface area contributed by atoms with Crippen molar-refractivity contribution in [3.63, 3.8) is 0 Å². The van der Waals surface area contributed by atoms with Crippen molar-refractivity contribution in [2.75, 3.05) is 6.54 Å². The summed E-state index contributed by atoms with van der Waals surface area (Å²) in [7, 11) is -4.32. The molecule has 2 N–H and O–H groups in total. The molecule has 0 aromatic heterocycles. The fourth-order valence-electron chi connectivity index (χ4n) is 3.24. The number of unbranched alkanes of at least 4 members (excludes halogenated alkanes) is 12. The molecule has 0 saturated carbocycles. The molecule has 1 rings (SSSR count). The fourth-order valence-corrected chi connectivity index (χ4v) is 3.71. The molecular weight excluding hydrogens is 369 g/mol. The molecule has 0 amide bonds. The molecule has 27 heavy (non-hydrogen) atoms. The Balaban J connectivity index is 0.00000676. The molecule has 0 atom stereocenters. The summed E-state index contributed by atoms with van der Waals surface area (Å²) in [5, 5.41) is 0. The van der Waals surface area contributed by atoms with E-state index < -0.39 is 10.1 Å². The number of hydrogen-bond donors (Lipinski definition) is 1. The zero-order chi connectivity index (χ0) is 19.1. The first-order valence-corrected chi connectivity index (χ1v) is 11.7. The van der Waals surface area contributed by atoms with Gasteiger partial charge in [-0.2, -0.15) is 0 Å². The Bertz CT molecular complexity index is 561. The minimum Gasteiger partial charge on any atom is -0.744 e. The van der Waals surface area contributed by atoms with Crippen LogP contribution in [-0.2, 0) is 16.5 Å². The number of aryl methyl sites for hydroxylation is 1. The van der Waals surface area contributed by atoms with Crippen LogP contribution in [0.1, 0.15) is 89.0 Å². The molecule has 0 aliphatic carbocycles. The maximum atomic E-state index is 10.9.